The van der Waals surface area contributed by atoms with Gasteiger partial charge in [-0.3, -0.25) is 4.79 Å². The smallest absolute Gasteiger partial charge is 0.238 e. The zero-order valence-corrected chi connectivity index (χ0v) is 12.6. The van der Waals surface area contributed by atoms with E-state index in [0.717, 1.165) is 25.0 Å². The standard InChI is InChI=1S/C14H20N2O4S/c15-21(18,19)13-6-3-11(4-7-13)5-8-14(17)16-10-12-2-1-9-20-12/h3-4,6-7,12H,1-2,5,8-10H2,(H,16,17)(H2,15,18,19)/t12-/m0/s1. The van der Waals surface area contributed by atoms with Gasteiger partial charge in [0.25, 0.3) is 0 Å². The van der Waals surface area contributed by atoms with Crippen LogP contribution in [0.5, 0.6) is 0 Å². The molecule has 0 radical (unpaired) electrons. The van der Waals surface area contributed by atoms with Crippen LogP contribution >= 0.6 is 0 Å². The first-order chi connectivity index (χ1) is 9.95. The molecule has 1 amide bonds. The predicted octanol–water partition coefficient (Wildman–Crippen LogP) is 0.562. The summed E-state index contributed by atoms with van der Waals surface area (Å²) >= 11 is 0. The molecule has 3 N–H and O–H groups in total. The molecule has 7 heteroatoms. The van der Waals surface area contributed by atoms with Crippen molar-refractivity contribution in [2.24, 2.45) is 5.14 Å². The lowest BCUT2D eigenvalue weighted by atomic mass is 10.1. The zero-order chi connectivity index (χ0) is 15.3. The summed E-state index contributed by atoms with van der Waals surface area (Å²) in [4.78, 5) is 11.8. The molecule has 2 rings (SSSR count). The molecule has 1 heterocycles. The molecule has 1 saturated heterocycles. The quantitative estimate of drug-likeness (QED) is 0.802. The molecule has 1 aromatic carbocycles. The van der Waals surface area contributed by atoms with Gasteiger partial charge in [0.2, 0.25) is 15.9 Å². The van der Waals surface area contributed by atoms with Crippen LogP contribution in [0.2, 0.25) is 0 Å². The number of sulfonamides is 1. The number of rotatable bonds is 6. The third-order valence-electron chi connectivity index (χ3n) is 3.44. The zero-order valence-electron chi connectivity index (χ0n) is 11.7. The highest BCUT2D eigenvalue weighted by atomic mass is 32.2. The Hall–Kier alpha value is -1.44. The van der Waals surface area contributed by atoms with Gasteiger partial charge in [-0.05, 0) is 37.0 Å². The van der Waals surface area contributed by atoms with Gasteiger partial charge in [-0.1, -0.05) is 12.1 Å². The number of amides is 1. The number of nitrogens with one attached hydrogen (secondary N) is 1. The highest BCUT2D eigenvalue weighted by molar-refractivity contribution is 7.89. The highest BCUT2D eigenvalue weighted by Crippen LogP contribution is 2.12. The van der Waals surface area contributed by atoms with Crippen molar-refractivity contribution in [2.75, 3.05) is 13.2 Å². The fourth-order valence-electron chi connectivity index (χ4n) is 2.23. The largest absolute Gasteiger partial charge is 0.376 e. The van der Waals surface area contributed by atoms with Crippen molar-refractivity contribution in [3.63, 3.8) is 0 Å². The highest BCUT2D eigenvalue weighted by Gasteiger charge is 2.16. The first-order valence-electron chi connectivity index (χ1n) is 6.95. The van der Waals surface area contributed by atoms with Crippen molar-refractivity contribution < 1.29 is 17.9 Å². The van der Waals surface area contributed by atoms with E-state index >= 15 is 0 Å². The summed E-state index contributed by atoms with van der Waals surface area (Å²) in [6.07, 6.45) is 3.11. The third-order valence-corrected chi connectivity index (χ3v) is 4.37. The number of ether oxygens (including phenoxy) is 1. The van der Waals surface area contributed by atoms with Gasteiger partial charge in [0.15, 0.2) is 0 Å². The summed E-state index contributed by atoms with van der Waals surface area (Å²) in [7, 11) is -3.66. The summed E-state index contributed by atoms with van der Waals surface area (Å²) in [5.41, 5.74) is 0.898. The molecule has 116 valence electrons. The van der Waals surface area contributed by atoms with Gasteiger partial charge in [-0.2, -0.15) is 0 Å². The fourth-order valence-corrected chi connectivity index (χ4v) is 2.74. The summed E-state index contributed by atoms with van der Waals surface area (Å²) in [6.45, 7) is 1.33. The lowest BCUT2D eigenvalue weighted by Gasteiger charge is -2.10. The van der Waals surface area contributed by atoms with Crippen LogP contribution in [0.15, 0.2) is 29.2 Å². The Balaban J connectivity index is 1.75. The molecule has 0 saturated carbocycles. The van der Waals surface area contributed by atoms with E-state index in [0.29, 0.717) is 19.4 Å². The van der Waals surface area contributed by atoms with Crippen LogP contribution in [0.3, 0.4) is 0 Å². The van der Waals surface area contributed by atoms with E-state index in [-0.39, 0.29) is 16.9 Å². The number of hydrogen-bond acceptors (Lipinski definition) is 4. The van der Waals surface area contributed by atoms with Gasteiger partial charge in [0.1, 0.15) is 0 Å². The number of primary sulfonamides is 1. The Kier molecular flexibility index (Phi) is 5.33. The maximum atomic E-state index is 11.7. The van der Waals surface area contributed by atoms with Gasteiger partial charge in [0.05, 0.1) is 11.0 Å². The molecule has 6 nitrogen and oxygen atoms in total. The Morgan fingerprint density at radius 2 is 2.05 bits per heavy atom. The number of aryl methyl sites for hydroxylation is 1. The minimum absolute atomic E-state index is 0.0268. The van der Waals surface area contributed by atoms with Crippen molar-refractivity contribution in [3.05, 3.63) is 29.8 Å². The van der Waals surface area contributed by atoms with Crippen molar-refractivity contribution in [2.45, 2.75) is 36.7 Å². The van der Waals surface area contributed by atoms with E-state index in [1.54, 1.807) is 12.1 Å². The molecule has 0 bridgehead atoms. The van der Waals surface area contributed by atoms with Crippen molar-refractivity contribution in [1.82, 2.24) is 5.32 Å². The van der Waals surface area contributed by atoms with Crippen LogP contribution in [0, 0.1) is 0 Å². The average molecular weight is 312 g/mol. The molecule has 0 aliphatic carbocycles. The minimum atomic E-state index is -3.66. The Morgan fingerprint density at radius 3 is 2.62 bits per heavy atom. The molecule has 0 spiro atoms. The van der Waals surface area contributed by atoms with Gasteiger partial charge >= 0.3 is 0 Å². The average Bonchev–Trinajstić information content (AvgIpc) is 2.95. The van der Waals surface area contributed by atoms with E-state index in [9.17, 15) is 13.2 Å². The molecule has 1 aliphatic heterocycles. The van der Waals surface area contributed by atoms with E-state index in [1.165, 1.54) is 12.1 Å². The third kappa shape index (κ3) is 5.11. The molecule has 1 aromatic rings. The maximum Gasteiger partial charge on any atom is 0.238 e. The molecular formula is C14H20N2O4S. The van der Waals surface area contributed by atoms with E-state index < -0.39 is 10.0 Å². The van der Waals surface area contributed by atoms with Gasteiger partial charge < -0.3 is 10.1 Å². The van der Waals surface area contributed by atoms with E-state index in [1.807, 2.05) is 0 Å². The van der Waals surface area contributed by atoms with Crippen LogP contribution in [0.1, 0.15) is 24.8 Å². The monoisotopic (exact) mass is 312 g/mol. The normalized spacial score (nSPS) is 18.6. The van der Waals surface area contributed by atoms with Crippen LogP contribution in [-0.4, -0.2) is 33.6 Å². The van der Waals surface area contributed by atoms with Crippen molar-refractivity contribution in [3.8, 4) is 0 Å². The van der Waals surface area contributed by atoms with Crippen LogP contribution in [0.25, 0.3) is 0 Å². The maximum absolute atomic E-state index is 11.7. The molecule has 1 atom stereocenters. The van der Waals surface area contributed by atoms with Crippen molar-refractivity contribution in [1.29, 1.82) is 0 Å². The van der Waals surface area contributed by atoms with Crippen LogP contribution in [-0.2, 0) is 26.0 Å². The summed E-state index contributed by atoms with van der Waals surface area (Å²) < 4.78 is 27.7. The number of hydrogen-bond donors (Lipinski definition) is 2. The molecular weight excluding hydrogens is 292 g/mol. The number of benzene rings is 1. The minimum Gasteiger partial charge on any atom is -0.376 e. The summed E-state index contributed by atoms with van der Waals surface area (Å²) in [5, 5.41) is 7.88. The van der Waals surface area contributed by atoms with E-state index in [4.69, 9.17) is 9.88 Å². The van der Waals surface area contributed by atoms with Gasteiger partial charge in [-0.15, -0.1) is 0 Å². The summed E-state index contributed by atoms with van der Waals surface area (Å²) in [6, 6.07) is 6.25. The second-order valence-electron chi connectivity index (χ2n) is 5.13. The molecule has 1 fully saturated rings. The second kappa shape index (κ2) is 7.02. The molecule has 1 aliphatic rings. The van der Waals surface area contributed by atoms with Crippen LogP contribution in [0.4, 0.5) is 0 Å². The number of nitrogens with two attached hydrogens (primary N) is 1. The molecule has 0 aromatic heterocycles. The predicted molar refractivity (Wildman–Crippen MR) is 78.1 cm³/mol. The Morgan fingerprint density at radius 1 is 1.33 bits per heavy atom. The van der Waals surface area contributed by atoms with Gasteiger partial charge in [0, 0.05) is 19.6 Å². The van der Waals surface area contributed by atoms with Crippen molar-refractivity contribution >= 4 is 15.9 Å². The molecule has 21 heavy (non-hydrogen) atoms. The Bertz CT molecular complexity index is 577. The first kappa shape index (κ1) is 15.9. The topological polar surface area (TPSA) is 98.5 Å². The fraction of sp³-hybridized carbons (Fsp3) is 0.500. The second-order valence-corrected chi connectivity index (χ2v) is 6.69. The lowest BCUT2D eigenvalue weighted by Crippen LogP contribution is -2.31. The number of carbonyl (C=O) groups excluding carboxylic acids is 1. The molecule has 0 unspecified atom stereocenters. The van der Waals surface area contributed by atoms with Crippen LogP contribution < -0.4 is 10.5 Å². The summed E-state index contributed by atoms with van der Waals surface area (Å²) in [5.74, 6) is -0.0268. The number of carbonyl (C=O) groups is 1. The Labute approximate surface area is 124 Å². The van der Waals surface area contributed by atoms with E-state index in [2.05, 4.69) is 5.32 Å². The first-order valence-corrected chi connectivity index (χ1v) is 8.50. The lowest BCUT2D eigenvalue weighted by molar-refractivity contribution is -0.121. The SMILES string of the molecule is NS(=O)(=O)c1ccc(CCC(=O)NC[C@@H]2CCCO2)cc1. The van der Waals surface area contributed by atoms with Gasteiger partial charge in [-0.25, -0.2) is 13.6 Å².